The fourth-order valence-corrected chi connectivity index (χ4v) is 0.795. The number of pyridine rings is 1. The van der Waals surface area contributed by atoms with Crippen LogP contribution in [0.3, 0.4) is 0 Å². The van der Waals surface area contributed by atoms with E-state index in [4.69, 9.17) is 11.6 Å². The summed E-state index contributed by atoms with van der Waals surface area (Å²) in [6.07, 6.45) is 1.51. The van der Waals surface area contributed by atoms with Crippen molar-refractivity contribution in [3.8, 4) is 0 Å². The van der Waals surface area contributed by atoms with Crippen LogP contribution in [0.1, 0.15) is 31.1 Å². The van der Waals surface area contributed by atoms with Crippen molar-refractivity contribution in [1.29, 1.82) is 0 Å². The lowest BCUT2D eigenvalue weighted by Crippen LogP contribution is -1.91. The summed E-state index contributed by atoms with van der Waals surface area (Å²) in [6.45, 7) is 5.49. The van der Waals surface area contributed by atoms with Crippen molar-refractivity contribution in [3.63, 3.8) is 0 Å². The third kappa shape index (κ3) is 3.49. The van der Waals surface area contributed by atoms with Gasteiger partial charge in [-0.2, -0.15) is 0 Å². The molecule has 66 valence electrons. The minimum atomic E-state index is 0.00398. The molecule has 0 unspecified atom stereocenters. The Morgan fingerprint density at radius 2 is 2.08 bits per heavy atom. The molecule has 0 aliphatic heterocycles. The van der Waals surface area contributed by atoms with Gasteiger partial charge in [0.2, 0.25) is 0 Å². The highest BCUT2D eigenvalue weighted by Gasteiger charge is 1.97. The van der Waals surface area contributed by atoms with Crippen LogP contribution in [0.5, 0.6) is 0 Å². The van der Waals surface area contributed by atoms with Gasteiger partial charge in [-0.05, 0) is 19.1 Å². The lowest BCUT2D eigenvalue weighted by Gasteiger charge is -1.92. The number of carbonyl (C=O) groups is 1. The average molecular weight is 186 g/mol. The first kappa shape index (κ1) is 11.1. The summed E-state index contributed by atoms with van der Waals surface area (Å²) in [5.41, 5.74) is 0.597. The molecule has 1 rings (SSSR count). The normalized spacial score (nSPS) is 8.33. The monoisotopic (exact) mass is 185 g/mol. The highest BCUT2D eigenvalue weighted by Crippen LogP contribution is 2.06. The Morgan fingerprint density at radius 1 is 1.50 bits per heavy atom. The zero-order chi connectivity index (χ0) is 9.56. The van der Waals surface area contributed by atoms with Crippen molar-refractivity contribution in [2.45, 2.75) is 20.8 Å². The Kier molecular flexibility index (Phi) is 5.30. The van der Waals surface area contributed by atoms with Crippen LogP contribution in [0, 0.1) is 0 Å². The quantitative estimate of drug-likeness (QED) is 0.498. The Balaban J connectivity index is 0.000000561. The van der Waals surface area contributed by atoms with E-state index in [2.05, 4.69) is 4.98 Å². The zero-order valence-corrected chi connectivity index (χ0v) is 8.22. The van der Waals surface area contributed by atoms with Crippen molar-refractivity contribution in [2.24, 2.45) is 0 Å². The summed E-state index contributed by atoms with van der Waals surface area (Å²) < 4.78 is 0. The minimum absolute atomic E-state index is 0.00398. The van der Waals surface area contributed by atoms with Crippen molar-refractivity contribution >= 4 is 17.4 Å². The fourth-order valence-electron chi connectivity index (χ4n) is 0.621. The second kappa shape index (κ2) is 5.72. The molecular formula is C9H12ClNO. The number of hydrogen-bond donors (Lipinski definition) is 0. The summed E-state index contributed by atoms with van der Waals surface area (Å²) in [5.74, 6) is 0.00398. The zero-order valence-electron chi connectivity index (χ0n) is 7.47. The Bertz CT molecular complexity index is 260. The number of nitrogens with zero attached hydrogens (tertiary/aromatic N) is 1. The molecule has 1 heterocycles. The van der Waals surface area contributed by atoms with Crippen LogP contribution in [-0.4, -0.2) is 10.8 Å². The Labute approximate surface area is 77.6 Å². The van der Waals surface area contributed by atoms with Crippen molar-refractivity contribution in [2.75, 3.05) is 0 Å². The van der Waals surface area contributed by atoms with Crippen molar-refractivity contribution in [1.82, 2.24) is 4.98 Å². The number of carbonyl (C=O) groups excluding carboxylic acids is 1. The van der Waals surface area contributed by atoms with Crippen molar-refractivity contribution in [3.05, 3.63) is 29.0 Å². The predicted molar refractivity (Wildman–Crippen MR) is 50.6 cm³/mol. The first-order valence-corrected chi connectivity index (χ1v) is 4.20. The van der Waals surface area contributed by atoms with E-state index in [9.17, 15) is 4.79 Å². The molecule has 0 radical (unpaired) electrons. The van der Waals surface area contributed by atoms with E-state index in [1.807, 2.05) is 13.8 Å². The van der Waals surface area contributed by atoms with E-state index >= 15 is 0 Å². The minimum Gasteiger partial charge on any atom is -0.295 e. The second-order valence-electron chi connectivity index (χ2n) is 1.92. The van der Waals surface area contributed by atoms with E-state index < -0.39 is 0 Å². The molecule has 0 spiro atoms. The van der Waals surface area contributed by atoms with E-state index in [1.54, 1.807) is 12.1 Å². The first-order valence-electron chi connectivity index (χ1n) is 3.82. The van der Waals surface area contributed by atoms with Gasteiger partial charge in [-0.1, -0.05) is 25.4 Å². The van der Waals surface area contributed by atoms with Gasteiger partial charge in [-0.25, -0.2) is 4.98 Å². The topological polar surface area (TPSA) is 30.0 Å². The van der Waals surface area contributed by atoms with Crippen LogP contribution < -0.4 is 0 Å². The molecule has 12 heavy (non-hydrogen) atoms. The number of ketones is 1. The highest BCUT2D eigenvalue weighted by atomic mass is 35.5. The van der Waals surface area contributed by atoms with Gasteiger partial charge in [0.05, 0.1) is 0 Å². The summed E-state index contributed by atoms with van der Waals surface area (Å²) in [7, 11) is 0. The molecule has 0 atom stereocenters. The molecule has 0 aliphatic carbocycles. The third-order valence-corrected chi connectivity index (χ3v) is 1.34. The predicted octanol–water partition coefficient (Wildman–Crippen LogP) is 2.96. The maximum atomic E-state index is 10.7. The van der Waals surface area contributed by atoms with Crippen LogP contribution in [0.2, 0.25) is 5.15 Å². The molecule has 0 saturated heterocycles. The fraction of sp³-hybridized carbons (Fsp3) is 0.333. The van der Waals surface area contributed by atoms with Crippen LogP contribution >= 0.6 is 11.6 Å². The van der Waals surface area contributed by atoms with Gasteiger partial charge in [0.15, 0.2) is 5.78 Å². The molecule has 1 aromatic heterocycles. The summed E-state index contributed by atoms with van der Waals surface area (Å²) >= 11 is 5.53. The van der Waals surface area contributed by atoms with Gasteiger partial charge in [0.25, 0.3) is 0 Å². The molecule has 0 amide bonds. The van der Waals surface area contributed by atoms with Gasteiger partial charge >= 0.3 is 0 Å². The molecule has 3 heteroatoms. The number of Topliss-reactive ketones (excluding diaryl/α,β-unsaturated/α-hetero) is 1. The van der Waals surface area contributed by atoms with E-state index in [1.165, 1.54) is 13.1 Å². The highest BCUT2D eigenvalue weighted by molar-refractivity contribution is 6.29. The molecule has 0 aliphatic rings. The van der Waals surface area contributed by atoms with Crippen molar-refractivity contribution < 1.29 is 4.79 Å². The standard InChI is InChI=1S/C7H6ClNO.C2H6/c1-5(10)6-2-3-9-7(8)4-6;1-2/h2-4H,1H3;1-2H3. The first-order chi connectivity index (χ1) is 5.70. The molecule has 0 saturated carbocycles. The van der Waals surface area contributed by atoms with Gasteiger partial charge in [-0.3, -0.25) is 4.79 Å². The van der Waals surface area contributed by atoms with Gasteiger partial charge in [-0.15, -0.1) is 0 Å². The molecular weight excluding hydrogens is 174 g/mol. The average Bonchev–Trinajstić information content (AvgIpc) is 2.08. The summed E-state index contributed by atoms with van der Waals surface area (Å²) in [5, 5.41) is 0.354. The number of halogens is 1. The van der Waals surface area contributed by atoms with Gasteiger partial charge < -0.3 is 0 Å². The third-order valence-electron chi connectivity index (χ3n) is 1.13. The Morgan fingerprint density at radius 3 is 2.42 bits per heavy atom. The maximum Gasteiger partial charge on any atom is 0.159 e. The SMILES string of the molecule is CC.CC(=O)c1ccnc(Cl)c1. The van der Waals surface area contributed by atoms with E-state index in [-0.39, 0.29) is 5.78 Å². The maximum absolute atomic E-state index is 10.7. The molecule has 1 aromatic rings. The number of rotatable bonds is 1. The Hall–Kier alpha value is -0.890. The van der Waals surface area contributed by atoms with E-state index in [0.717, 1.165) is 0 Å². The van der Waals surface area contributed by atoms with Crippen LogP contribution in [0.15, 0.2) is 18.3 Å². The van der Waals surface area contributed by atoms with Crippen LogP contribution in [0.4, 0.5) is 0 Å². The molecule has 0 fully saturated rings. The van der Waals surface area contributed by atoms with Crippen LogP contribution in [-0.2, 0) is 0 Å². The molecule has 0 N–H and O–H groups in total. The van der Waals surface area contributed by atoms with Gasteiger partial charge in [0.1, 0.15) is 5.15 Å². The van der Waals surface area contributed by atoms with E-state index in [0.29, 0.717) is 10.7 Å². The molecule has 2 nitrogen and oxygen atoms in total. The summed E-state index contributed by atoms with van der Waals surface area (Å²) in [6, 6.07) is 3.18. The number of hydrogen-bond acceptors (Lipinski definition) is 2. The second-order valence-corrected chi connectivity index (χ2v) is 2.31. The van der Waals surface area contributed by atoms with Crippen LogP contribution in [0.25, 0.3) is 0 Å². The molecule has 0 bridgehead atoms. The lowest BCUT2D eigenvalue weighted by atomic mass is 10.2. The lowest BCUT2D eigenvalue weighted by molar-refractivity contribution is 0.101. The van der Waals surface area contributed by atoms with Gasteiger partial charge in [0, 0.05) is 11.8 Å². The smallest absolute Gasteiger partial charge is 0.159 e. The molecule has 0 aromatic carbocycles. The largest absolute Gasteiger partial charge is 0.295 e. The number of aromatic nitrogens is 1. The summed E-state index contributed by atoms with van der Waals surface area (Å²) in [4.78, 5) is 14.4.